The molecule has 110 valence electrons. The molecule has 4 N–H and O–H groups in total. The summed E-state index contributed by atoms with van der Waals surface area (Å²) in [5, 5.41) is 6.16. The summed E-state index contributed by atoms with van der Waals surface area (Å²) in [4.78, 5) is 13.5. The van der Waals surface area contributed by atoms with Crippen LogP contribution in [0.25, 0.3) is 0 Å². The van der Waals surface area contributed by atoms with Crippen LogP contribution in [0, 0.1) is 0 Å². The first-order valence-corrected chi connectivity index (χ1v) is 6.73. The molecular formula is C14H22N4O2. The molecule has 2 rings (SSSR count). The summed E-state index contributed by atoms with van der Waals surface area (Å²) in [5.41, 5.74) is 8.12. The first-order chi connectivity index (χ1) is 9.45. The second kappa shape index (κ2) is 6.00. The van der Waals surface area contributed by atoms with Gasteiger partial charge in [-0.25, -0.2) is 0 Å². The quantitative estimate of drug-likeness (QED) is 0.709. The Bertz CT molecular complexity index is 502. The van der Waals surface area contributed by atoms with E-state index < -0.39 is 0 Å². The minimum absolute atomic E-state index is 0.0401. The van der Waals surface area contributed by atoms with Gasteiger partial charge in [-0.3, -0.25) is 4.79 Å². The van der Waals surface area contributed by atoms with Gasteiger partial charge in [-0.2, -0.15) is 0 Å². The highest BCUT2D eigenvalue weighted by atomic mass is 16.5. The average Bonchev–Trinajstić information content (AvgIpc) is 2.38. The molecule has 0 saturated heterocycles. The highest BCUT2D eigenvalue weighted by Crippen LogP contribution is 2.35. The van der Waals surface area contributed by atoms with Crippen LogP contribution in [0.4, 0.5) is 17.1 Å². The normalized spacial score (nSPS) is 15.3. The monoisotopic (exact) mass is 278 g/mol. The number of hydrogen-bond donors (Lipinski definition) is 3. The molecule has 1 unspecified atom stereocenters. The molecule has 6 nitrogen and oxygen atoms in total. The lowest BCUT2D eigenvalue weighted by Crippen LogP contribution is -2.26. The van der Waals surface area contributed by atoms with E-state index in [4.69, 9.17) is 10.5 Å². The molecule has 1 amide bonds. The van der Waals surface area contributed by atoms with E-state index in [2.05, 4.69) is 22.5 Å². The number of carbonyl (C=O) groups excluding carboxylic acids is 1. The lowest BCUT2D eigenvalue weighted by Gasteiger charge is -2.23. The second-order valence-electron chi connectivity index (χ2n) is 5.41. The molecule has 1 aliphatic rings. The van der Waals surface area contributed by atoms with E-state index in [-0.39, 0.29) is 18.6 Å². The van der Waals surface area contributed by atoms with Crippen LogP contribution in [0.15, 0.2) is 12.1 Å². The SMILES string of the molecule is CC(CCN(C)C)Nc1cc2c(cc1N)OCC(=O)N2. The predicted octanol–water partition coefficient (Wildman–Crippen LogP) is 1.35. The Kier molecular flexibility index (Phi) is 4.34. The van der Waals surface area contributed by atoms with E-state index in [1.165, 1.54) is 0 Å². The number of benzene rings is 1. The Morgan fingerprint density at radius 3 is 2.95 bits per heavy atom. The number of rotatable bonds is 5. The zero-order chi connectivity index (χ0) is 14.7. The number of nitrogens with two attached hydrogens (primary N) is 1. The standard InChI is InChI=1S/C14H22N4O2/c1-9(4-5-18(2)3)16-11-7-12-13(6-10(11)15)20-8-14(19)17-12/h6-7,9,16H,4-5,8,15H2,1-3H3,(H,17,19). The van der Waals surface area contributed by atoms with Crippen molar-refractivity contribution in [3.05, 3.63) is 12.1 Å². The fourth-order valence-corrected chi connectivity index (χ4v) is 2.06. The molecule has 0 bridgehead atoms. The molecular weight excluding hydrogens is 256 g/mol. The van der Waals surface area contributed by atoms with Gasteiger partial charge in [0.2, 0.25) is 0 Å². The highest BCUT2D eigenvalue weighted by molar-refractivity contribution is 5.97. The van der Waals surface area contributed by atoms with Crippen LogP contribution in [-0.4, -0.2) is 44.1 Å². The van der Waals surface area contributed by atoms with Gasteiger partial charge in [-0.05, 0) is 40.1 Å². The Hall–Kier alpha value is -1.95. The summed E-state index contributed by atoms with van der Waals surface area (Å²) in [6.45, 7) is 3.15. The van der Waals surface area contributed by atoms with E-state index in [0.717, 1.165) is 18.7 Å². The molecule has 20 heavy (non-hydrogen) atoms. The van der Waals surface area contributed by atoms with Crippen LogP contribution in [0.1, 0.15) is 13.3 Å². The number of amides is 1. The first kappa shape index (κ1) is 14.5. The Morgan fingerprint density at radius 2 is 2.25 bits per heavy atom. The van der Waals surface area contributed by atoms with Crippen molar-refractivity contribution in [2.75, 3.05) is 43.6 Å². The van der Waals surface area contributed by atoms with Gasteiger partial charge in [0.25, 0.3) is 5.91 Å². The van der Waals surface area contributed by atoms with Crippen molar-refractivity contribution in [3.8, 4) is 5.75 Å². The number of nitrogens with zero attached hydrogens (tertiary/aromatic N) is 1. The van der Waals surface area contributed by atoms with Crippen molar-refractivity contribution in [1.82, 2.24) is 4.90 Å². The van der Waals surface area contributed by atoms with Gasteiger partial charge < -0.3 is 26.0 Å². The summed E-state index contributed by atoms with van der Waals surface area (Å²) in [7, 11) is 4.10. The molecule has 1 aromatic rings. The first-order valence-electron chi connectivity index (χ1n) is 6.73. The smallest absolute Gasteiger partial charge is 0.262 e. The van der Waals surface area contributed by atoms with Crippen molar-refractivity contribution in [3.63, 3.8) is 0 Å². The van der Waals surface area contributed by atoms with Gasteiger partial charge in [0.1, 0.15) is 5.75 Å². The minimum Gasteiger partial charge on any atom is -0.482 e. The molecule has 1 atom stereocenters. The van der Waals surface area contributed by atoms with Crippen molar-refractivity contribution >= 4 is 23.0 Å². The van der Waals surface area contributed by atoms with Crippen molar-refractivity contribution in [1.29, 1.82) is 0 Å². The maximum Gasteiger partial charge on any atom is 0.262 e. The number of hydrogen-bond acceptors (Lipinski definition) is 5. The zero-order valence-corrected chi connectivity index (χ0v) is 12.2. The average molecular weight is 278 g/mol. The van der Waals surface area contributed by atoms with E-state index in [0.29, 0.717) is 17.1 Å². The van der Waals surface area contributed by atoms with Crippen LogP contribution in [-0.2, 0) is 4.79 Å². The molecule has 1 aliphatic heterocycles. The fraction of sp³-hybridized carbons (Fsp3) is 0.500. The van der Waals surface area contributed by atoms with Crippen molar-refractivity contribution in [2.45, 2.75) is 19.4 Å². The molecule has 1 heterocycles. The van der Waals surface area contributed by atoms with Crippen LogP contribution < -0.4 is 21.1 Å². The summed E-state index contributed by atoms with van der Waals surface area (Å²) in [5.74, 6) is 0.475. The molecule has 0 aliphatic carbocycles. The topological polar surface area (TPSA) is 79.6 Å². The van der Waals surface area contributed by atoms with Gasteiger partial charge in [0, 0.05) is 12.1 Å². The van der Waals surface area contributed by atoms with Gasteiger partial charge in [-0.1, -0.05) is 0 Å². The summed E-state index contributed by atoms with van der Waals surface area (Å²) in [6, 6.07) is 3.86. The van der Waals surface area contributed by atoms with E-state index in [1.807, 2.05) is 20.2 Å². The number of nitrogen functional groups attached to an aromatic ring is 1. The third-order valence-corrected chi connectivity index (χ3v) is 3.20. The van der Waals surface area contributed by atoms with Crippen LogP contribution in [0.3, 0.4) is 0 Å². The lowest BCUT2D eigenvalue weighted by atomic mass is 10.1. The van der Waals surface area contributed by atoms with Gasteiger partial charge >= 0.3 is 0 Å². The highest BCUT2D eigenvalue weighted by Gasteiger charge is 2.18. The van der Waals surface area contributed by atoms with Crippen molar-refractivity contribution in [2.24, 2.45) is 0 Å². The number of ether oxygens (including phenoxy) is 1. The predicted molar refractivity (Wildman–Crippen MR) is 81.2 cm³/mol. The van der Waals surface area contributed by atoms with Gasteiger partial charge in [0.05, 0.1) is 17.1 Å². The number of nitrogens with one attached hydrogen (secondary N) is 2. The third kappa shape index (κ3) is 3.54. The van der Waals surface area contributed by atoms with Crippen molar-refractivity contribution < 1.29 is 9.53 Å². The summed E-state index contributed by atoms with van der Waals surface area (Å²) >= 11 is 0. The fourth-order valence-electron chi connectivity index (χ4n) is 2.06. The van der Waals surface area contributed by atoms with E-state index in [9.17, 15) is 4.79 Å². The molecule has 0 aromatic heterocycles. The van der Waals surface area contributed by atoms with E-state index >= 15 is 0 Å². The number of fused-ring (bicyclic) bond motifs is 1. The molecule has 0 fully saturated rings. The third-order valence-electron chi connectivity index (χ3n) is 3.20. The lowest BCUT2D eigenvalue weighted by molar-refractivity contribution is -0.118. The van der Waals surface area contributed by atoms with Gasteiger partial charge in [0.15, 0.2) is 6.61 Å². The number of carbonyl (C=O) groups is 1. The second-order valence-corrected chi connectivity index (χ2v) is 5.41. The minimum atomic E-state index is -0.145. The van der Waals surface area contributed by atoms with E-state index in [1.54, 1.807) is 6.07 Å². The molecule has 0 spiro atoms. The van der Waals surface area contributed by atoms with Gasteiger partial charge in [-0.15, -0.1) is 0 Å². The maximum absolute atomic E-state index is 11.3. The molecule has 6 heteroatoms. The molecule has 1 aromatic carbocycles. The molecule has 0 saturated carbocycles. The van der Waals surface area contributed by atoms with Crippen LogP contribution in [0.5, 0.6) is 5.75 Å². The van der Waals surface area contributed by atoms with Crippen LogP contribution >= 0.6 is 0 Å². The zero-order valence-electron chi connectivity index (χ0n) is 12.2. The Balaban J connectivity index is 2.08. The Labute approximate surface area is 119 Å². The number of anilines is 3. The maximum atomic E-state index is 11.3. The molecule has 0 radical (unpaired) electrons. The Morgan fingerprint density at radius 1 is 1.50 bits per heavy atom. The summed E-state index contributed by atoms with van der Waals surface area (Å²) < 4.78 is 5.33. The summed E-state index contributed by atoms with van der Waals surface area (Å²) in [6.07, 6.45) is 1.01. The van der Waals surface area contributed by atoms with Crippen LogP contribution in [0.2, 0.25) is 0 Å². The largest absolute Gasteiger partial charge is 0.482 e.